The van der Waals surface area contributed by atoms with E-state index < -0.39 is 48.3 Å². The Kier molecular flexibility index (Phi) is 8.67. The molecule has 0 spiro atoms. The first-order valence-corrected chi connectivity index (χ1v) is 11.8. The van der Waals surface area contributed by atoms with Crippen LogP contribution in [0.3, 0.4) is 0 Å². The van der Waals surface area contributed by atoms with Gasteiger partial charge in [0, 0.05) is 12.2 Å². The Morgan fingerprint density at radius 3 is 1.37 bits per heavy atom. The Labute approximate surface area is 218 Å². The van der Waals surface area contributed by atoms with E-state index in [1.807, 2.05) is 0 Å². The van der Waals surface area contributed by atoms with E-state index in [0.717, 1.165) is 0 Å². The lowest BCUT2D eigenvalue weighted by atomic mass is 10.1. The monoisotopic (exact) mass is 522 g/mol. The van der Waals surface area contributed by atoms with Crippen LogP contribution < -0.4 is 0 Å². The zero-order chi connectivity index (χ0) is 27.1. The number of hydrogen-bond donors (Lipinski definition) is 0. The third-order valence-electron chi connectivity index (χ3n) is 6.00. The smallest absolute Gasteiger partial charge is 0.338 e. The molecule has 2 aromatic rings. The molecule has 2 aliphatic rings. The fraction of sp³-hybridized carbons (Fsp3) is 0.286. The van der Waals surface area contributed by atoms with E-state index in [1.165, 1.54) is 26.4 Å². The highest BCUT2D eigenvalue weighted by molar-refractivity contribution is 5.91. The molecule has 38 heavy (non-hydrogen) atoms. The van der Waals surface area contributed by atoms with Crippen LogP contribution >= 0.6 is 0 Å². The van der Waals surface area contributed by atoms with Crippen LogP contribution in [-0.4, -0.2) is 75.7 Å². The van der Waals surface area contributed by atoms with Gasteiger partial charge in [-0.1, -0.05) is 24.3 Å². The summed E-state index contributed by atoms with van der Waals surface area (Å²) in [5, 5.41) is 0. The molecule has 0 aromatic heterocycles. The second-order valence-electron chi connectivity index (χ2n) is 8.44. The van der Waals surface area contributed by atoms with Gasteiger partial charge in [0.1, 0.15) is 12.2 Å². The average Bonchev–Trinajstić information content (AvgIpc) is 3.53. The largest absolute Gasteiger partial charge is 0.466 e. The summed E-state index contributed by atoms with van der Waals surface area (Å²) in [7, 11) is 2.58. The number of esters is 4. The van der Waals surface area contributed by atoms with Crippen molar-refractivity contribution in [2.45, 2.75) is 24.4 Å². The fourth-order valence-corrected chi connectivity index (χ4v) is 3.97. The standard InChI is InChI=1S/C28H26O10/c1-33-23(29)13-7-17-3-9-19(10-4-17)27(31)37-21-15-35-26-22(16-36-25(21)26)38-28(32)20-11-5-18(6-12-20)8-14-24(30)34-2/h3-14,21-22,25-26H,15-16H2,1-2H3/b13-7+,14-8+/t21-,22?,25?,26?/m1/s1. The van der Waals surface area contributed by atoms with Gasteiger partial charge >= 0.3 is 23.9 Å². The van der Waals surface area contributed by atoms with Crippen LogP contribution in [-0.2, 0) is 38.0 Å². The molecule has 2 aromatic carbocycles. The molecule has 0 aliphatic carbocycles. The van der Waals surface area contributed by atoms with E-state index in [2.05, 4.69) is 9.47 Å². The number of benzene rings is 2. The first-order chi connectivity index (χ1) is 18.4. The summed E-state index contributed by atoms with van der Waals surface area (Å²) in [6, 6.07) is 13.0. The van der Waals surface area contributed by atoms with Gasteiger partial charge in [0.25, 0.3) is 0 Å². The summed E-state index contributed by atoms with van der Waals surface area (Å²) in [6.07, 6.45) is 3.26. The van der Waals surface area contributed by atoms with E-state index >= 15 is 0 Å². The second-order valence-corrected chi connectivity index (χ2v) is 8.44. The highest BCUT2D eigenvalue weighted by Gasteiger charge is 2.51. The van der Waals surface area contributed by atoms with Crippen molar-refractivity contribution in [3.8, 4) is 0 Å². The number of hydrogen-bond acceptors (Lipinski definition) is 10. The van der Waals surface area contributed by atoms with E-state index in [-0.39, 0.29) is 13.2 Å². The van der Waals surface area contributed by atoms with Crippen molar-refractivity contribution in [3.05, 3.63) is 82.9 Å². The summed E-state index contributed by atoms with van der Waals surface area (Å²) in [5.41, 5.74) is 2.09. The molecule has 4 atom stereocenters. The molecular formula is C28H26O10. The summed E-state index contributed by atoms with van der Waals surface area (Å²) < 4.78 is 31.8. The van der Waals surface area contributed by atoms with Crippen molar-refractivity contribution in [2.24, 2.45) is 0 Å². The Balaban J connectivity index is 1.29. The molecule has 2 aliphatic heterocycles. The lowest BCUT2D eigenvalue weighted by Crippen LogP contribution is -2.36. The van der Waals surface area contributed by atoms with Crippen LogP contribution in [0.4, 0.5) is 0 Å². The minimum atomic E-state index is -0.656. The highest BCUT2D eigenvalue weighted by Crippen LogP contribution is 2.31. The minimum Gasteiger partial charge on any atom is -0.466 e. The number of rotatable bonds is 8. The summed E-state index contributed by atoms with van der Waals surface area (Å²) in [5.74, 6) is -2.05. The molecule has 2 saturated heterocycles. The number of ether oxygens (including phenoxy) is 6. The maximum atomic E-state index is 12.6. The van der Waals surface area contributed by atoms with Gasteiger partial charge < -0.3 is 28.4 Å². The molecule has 2 fully saturated rings. The van der Waals surface area contributed by atoms with E-state index in [4.69, 9.17) is 18.9 Å². The predicted octanol–water partition coefficient (Wildman–Crippen LogP) is 2.61. The Morgan fingerprint density at radius 2 is 1.03 bits per heavy atom. The van der Waals surface area contributed by atoms with Crippen molar-refractivity contribution >= 4 is 36.0 Å². The van der Waals surface area contributed by atoms with E-state index in [1.54, 1.807) is 60.7 Å². The van der Waals surface area contributed by atoms with Crippen LogP contribution in [0.1, 0.15) is 31.8 Å². The van der Waals surface area contributed by atoms with Gasteiger partial charge in [-0.3, -0.25) is 0 Å². The van der Waals surface area contributed by atoms with Crippen molar-refractivity contribution in [3.63, 3.8) is 0 Å². The number of methoxy groups -OCH3 is 2. The topological polar surface area (TPSA) is 124 Å². The lowest BCUT2D eigenvalue weighted by Gasteiger charge is -2.17. The van der Waals surface area contributed by atoms with Crippen LogP contribution in [0, 0.1) is 0 Å². The van der Waals surface area contributed by atoms with Gasteiger partial charge in [-0.15, -0.1) is 0 Å². The zero-order valence-electron chi connectivity index (χ0n) is 20.7. The van der Waals surface area contributed by atoms with Crippen molar-refractivity contribution in [1.29, 1.82) is 0 Å². The molecule has 0 saturated carbocycles. The van der Waals surface area contributed by atoms with Crippen molar-refractivity contribution in [1.82, 2.24) is 0 Å². The molecule has 3 unspecified atom stereocenters. The van der Waals surface area contributed by atoms with Gasteiger partial charge in [0.2, 0.25) is 0 Å². The maximum absolute atomic E-state index is 12.6. The molecule has 198 valence electrons. The first kappa shape index (κ1) is 26.8. The maximum Gasteiger partial charge on any atom is 0.338 e. The van der Waals surface area contributed by atoms with Crippen LogP contribution in [0.5, 0.6) is 0 Å². The van der Waals surface area contributed by atoms with Crippen LogP contribution in [0.25, 0.3) is 12.2 Å². The van der Waals surface area contributed by atoms with Gasteiger partial charge in [0.15, 0.2) is 12.2 Å². The molecule has 0 radical (unpaired) electrons. The quantitative estimate of drug-likeness (QED) is 0.290. The summed E-state index contributed by atoms with van der Waals surface area (Å²) >= 11 is 0. The van der Waals surface area contributed by atoms with E-state index in [0.29, 0.717) is 22.3 Å². The predicted molar refractivity (Wildman–Crippen MR) is 133 cm³/mol. The number of fused-ring (bicyclic) bond motifs is 1. The molecule has 10 nitrogen and oxygen atoms in total. The first-order valence-electron chi connectivity index (χ1n) is 11.8. The van der Waals surface area contributed by atoms with Crippen LogP contribution in [0.15, 0.2) is 60.7 Å². The molecule has 0 amide bonds. The minimum absolute atomic E-state index is 0.107. The normalized spacial score (nSPS) is 22.3. The van der Waals surface area contributed by atoms with Gasteiger partial charge in [-0.25, -0.2) is 19.2 Å². The second kappa shape index (κ2) is 12.3. The Bertz CT molecular complexity index is 1130. The molecule has 4 rings (SSSR count). The highest BCUT2D eigenvalue weighted by atomic mass is 16.7. The molecular weight excluding hydrogens is 496 g/mol. The summed E-state index contributed by atoms with van der Waals surface area (Å²) in [6.45, 7) is 0.215. The fourth-order valence-electron chi connectivity index (χ4n) is 3.97. The zero-order valence-corrected chi connectivity index (χ0v) is 20.7. The third-order valence-corrected chi connectivity index (χ3v) is 6.00. The van der Waals surface area contributed by atoms with Gasteiger partial charge in [0.05, 0.1) is 38.6 Å². The third kappa shape index (κ3) is 6.53. The van der Waals surface area contributed by atoms with Crippen molar-refractivity contribution < 1.29 is 47.6 Å². The molecule has 2 heterocycles. The van der Waals surface area contributed by atoms with Crippen molar-refractivity contribution in [2.75, 3.05) is 27.4 Å². The molecule has 0 N–H and O–H groups in total. The number of carbonyl (C=O) groups is 4. The van der Waals surface area contributed by atoms with Gasteiger partial charge in [-0.05, 0) is 47.5 Å². The Morgan fingerprint density at radius 1 is 0.658 bits per heavy atom. The van der Waals surface area contributed by atoms with E-state index in [9.17, 15) is 19.2 Å². The SMILES string of the molecule is COC(=O)/C=C/c1ccc(C(=O)OC2COC3C2OC[C@H]3OC(=O)c2ccc(/C=C/C(=O)OC)cc2)cc1. The lowest BCUT2D eigenvalue weighted by molar-refractivity contribution is -0.135. The average molecular weight is 523 g/mol. The van der Waals surface area contributed by atoms with Gasteiger partial charge in [-0.2, -0.15) is 0 Å². The summed E-state index contributed by atoms with van der Waals surface area (Å²) in [4.78, 5) is 47.7. The number of carbonyl (C=O) groups excluding carboxylic acids is 4. The molecule has 10 heteroatoms. The Hall–Kier alpha value is -4.28. The van der Waals surface area contributed by atoms with Crippen LogP contribution in [0.2, 0.25) is 0 Å². The molecule has 0 bridgehead atoms.